The van der Waals surface area contributed by atoms with Crippen LogP contribution < -0.4 is 20.8 Å². The van der Waals surface area contributed by atoms with E-state index in [9.17, 15) is 45.3 Å². The van der Waals surface area contributed by atoms with E-state index in [1.807, 2.05) is 18.5 Å². The monoisotopic (exact) mass is 1000 g/mol. The summed E-state index contributed by atoms with van der Waals surface area (Å²) in [6.45, 7) is 2.62. The van der Waals surface area contributed by atoms with E-state index >= 15 is 0 Å². The summed E-state index contributed by atoms with van der Waals surface area (Å²) in [7, 11) is 0. The zero-order valence-corrected chi connectivity index (χ0v) is 41.1. The number of hydrogen-bond acceptors (Lipinski definition) is 14. The molecular weight excluding hydrogens is 937 g/mol. The number of aliphatic hydroxyl groups is 5. The molecule has 17 nitrogen and oxygen atoms in total. The van der Waals surface area contributed by atoms with Gasteiger partial charge in [0.2, 0.25) is 5.91 Å². The number of H-pyrrole nitrogens is 1. The van der Waals surface area contributed by atoms with Crippen LogP contribution in [0.5, 0.6) is 17.2 Å². The van der Waals surface area contributed by atoms with E-state index in [1.54, 1.807) is 13.0 Å². The second-order valence-electron chi connectivity index (χ2n) is 21.5. The normalized spacial score (nSPS) is 27.2. The van der Waals surface area contributed by atoms with E-state index in [-0.39, 0.29) is 65.0 Å². The third-order valence-electron chi connectivity index (χ3n) is 17.0. The van der Waals surface area contributed by atoms with Gasteiger partial charge >= 0.3 is 0 Å². The third kappa shape index (κ3) is 8.80. The number of aromatic hydroxyl groups is 2. The first-order chi connectivity index (χ1) is 35.2. The van der Waals surface area contributed by atoms with E-state index in [0.717, 1.165) is 42.3 Å². The number of phenolic OH excluding ortho intramolecular Hbond substituents is 2. The fourth-order valence-corrected chi connectivity index (χ4v) is 13.3. The lowest BCUT2D eigenvalue weighted by Gasteiger charge is -2.58. The summed E-state index contributed by atoms with van der Waals surface area (Å²) in [6.07, 6.45) is 8.79. The molecule has 11 atom stereocenters. The second-order valence-corrected chi connectivity index (χ2v) is 21.5. The number of allylic oxidation sites excluding steroid dienone is 1. The van der Waals surface area contributed by atoms with Crippen LogP contribution in [-0.2, 0) is 33.8 Å². The van der Waals surface area contributed by atoms with Crippen molar-refractivity contribution in [3.8, 4) is 22.9 Å². The number of aromatic nitrogens is 2. The lowest BCUT2D eigenvalue weighted by atomic mass is 9.55. The van der Waals surface area contributed by atoms with Gasteiger partial charge in [-0.2, -0.15) is 0 Å². The molecular formula is C56H66N4O13. The van der Waals surface area contributed by atoms with E-state index < -0.39 is 55.3 Å². The molecule has 10 N–H and O–H groups in total. The summed E-state index contributed by atoms with van der Waals surface area (Å²) in [5.41, 5.74) is -0.0701. The highest BCUT2D eigenvalue weighted by Gasteiger charge is 2.62. The Morgan fingerprint density at radius 3 is 2.56 bits per heavy atom. The molecule has 17 heteroatoms. The van der Waals surface area contributed by atoms with Gasteiger partial charge in [0.15, 0.2) is 16.8 Å². The molecule has 388 valence electrons. The van der Waals surface area contributed by atoms with E-state index in [1.165, 1.54) is 42.8 Å². The number of aryl methyl sites for hydroxylation is 2. The van der Waals surface area contributed by atoms with Gasteiger partial charge in [0.1, 0.15) is 65.2 Å². The van der Waals surface area contributed by atoms with E-state index in [2.05, 4.69) is 39.3 Å². The number of carbonyl (C=O) groups excluding carboxylic acids is 1. The van der Waals surface area contributed by atoms with Gasteiger partial charge in [0.05, 0.1) is 17.5 Å². The molecule has 1 saturated heterocycles. The molecule has 0 radical (unpaired) electrons. The van der Waals surface area contributed by atoms with E-state index in [0.29, 0.717) is 82.3 Å². The van der Waals surface area contributed by atoms with Crippen molar-refractivity contribution in [2.45, 2.75) is 132 Å². The number of rotatable bonds is 15. The Balaban J connectivity index is 1.06. The van der Waals surface area contributed by atoms with Crippen LogP contribution in [0.25, 0.3) is 38.3 Å². The predicted molar refractivity (Wildman–Crippen MR) is 270 cm³/mol. The standard InChI is InChI=1S/C56H66N4O13/c1-3-44-37-15-16-57-43(37)26-60(44)50-52-32(18-39-46(64)17-29(2)71-53(39)50)20-48(56(72-52)24-40(33-21-49(66)58-25-33)30-9-13-42(41(56)19-30)59-34-7-5-4-6-8-34)73-70-28-55(69,54(68)51(67)47(65)27-61)23-31-10-14-45(63)36-12-11-35(62)22-38(31)36/h9-18,22,26,30,33-34,40-42,47-48,51,54,57,59,61-63,65,67-69H,3-8,19-21,23-25,27-28H2,1-2H3,(H,58,66)/t30-,33-,40-,41-,42+,47+,48+,51+,54-,55-,56-/m0/s1. The highest BCUT2D eigenvalue weighted by molar-refractivity contribution is 5.93. The molecule has 6 aromatic rings. The van der Waals surface area contributed by atoms with Crippen LogP contribution in [-0.4, -0.2) is 119 Å². The first kappa shape index (κ1) is 49.5. The Bertz CT molecular complexity index is 3140. The Morgan fingerprint density at radius 1 is 0.973 bits per heavy atom. The minimum atomic E-state index is -2.44. The van der Waals surface area contributed by atoms with Crippen LogP contribution >= 0.6 is 0 Å². The van der Waals surface area contributed by atoms with Crippen LogP contribution in [0.2, 0.25) is 0 Å². The van der Waals surface area contributed by atoms with Gasteiger partial charge in [-0.05, 0) is 104 Å². The van der Waals surface area contributed by atoms with Gasteiger partial charge in [0, 0.05) is 84.3 Å². The molecule has 5 heterocycles. The van der Waals surface area contributed by atoms with Gasteiger partial charge < -0.3 is 65.1 Å². The number of nitrogens with zero attached hydrogens (tertiary/aromatic N) is 1. The van der Waals surface area contributed by atoms with Crippen molar-refractivity contribution in [2.75, 3.05) is 19.8 Å². The van der Waals surface area contributed by atoms with Crippen LogP contribution in [0.15, 0.2) is 82.3 Å². The summed E-state index contributed by atoms with van der Waals surface area (Å²) >= 11 is 0. The molecule has 0 unspecified atom stereocenters. The van der Waals surface area contributed by atoms with Gasteiger partial charge in [-0.15, -0.1) is 0 Å². The van der Waals surface area contributed by atoms with Gasteiger partial charge in [-0.3, -0.25) is 9.59 Å². The quantitative estimate of drug-likeness (QED) is 0.0362. The smallest absolute Gasteiger partial charge is 0.220 e. The van der Waals surface area contributed by atoms with Crippen LogP contribution in [0, 0.1) is 30.6 Å². The average molecular weight is 1000 g/mol. The number of phenols is 2. The van der Waals surface area contributed by atoms with Crippen LogP contribution in [0.3, 0.4) is 0 Å². The summed E-state index contributed by atoms with van der Waals surface area (Å²) in [5.74, 6) is 0.519. The highest BCUT2D eigenvalue weighted by atomic mass is 17.2. The largest absolute Gasteiger partial charge is 0.508 e. The number of benzene rings is 3. The molecule has 3 aliphatic carbocycles. The molecule has 2 bridgehead atoms. The minimum Gasteiger partial charge on any atom is -0.508 e. The number of nitrogens with one attached hydrogen (secondary N) is 3. The average Bonchev–Trinajstić information content (AvgIpc) is 4.12. The minimum absolute atomic E-state index is 0.0126. The number of aromatic amines is 1. The first-order valence-corrected chi connectivity index (χ1v) is 26.0. The van der Waals surface area contributed by atoms with Crippen LogP contribution in [0.4, 0.5) is 0 Å². The number of amides is 1. The zero-order chi connectivity index (χ0) is 50.9. The Kier molecular flexibility index (Phi) is 13.2. The van der Waals surface area contributed by atoms with Crippen LogP contribution in [0.1, 0.15) is 80.9 Å². The zero-order valence-electron chi connectivity index (χ0n) is 41.1. The van der Waals surface area contributed by atoms with Crippen molar-refractivity contribution in [1.82, 2.24) is 20.2 Å². The fraction of sp³-hybridized carbons (Fsp3) is 0.500. The SMILES string of the molecule is CCc1c2cc[nH]c2cn1-c1c2c(cc3c(=O)cc(C)oc13)C[C@@H](OOC[C@@](O)(Cc1ccc(O)c3ccc(O)cc13)[C@@H](O)[C@H](O)[C@H](O)CO)[C@@]1(C[C@H]([C@@H]3CNC(=O)C3)[C@H]3C=C[C@@H](NC4CCCCC4)[C@@H]1C3)O2. The Morgan fingerprint density at radius 2 is 1.79 bits per heavy atom. The maximum absolute atomic E-state index is 14.1. The molecule has 73 heavy (non-hydrogen) atoms. The number of hydrogen-bond donors (Lipinski definition) is 10. The maximum atomic E-state index is 14.1. The van der Waals surface area contributed by atoms with Crippen molar-refractivity contribution in [2.24, 2.45) is 23.7 Å². The number of aliphatic hydroxyl groups excluding tert-OH is 4. The molecule has 3 aromatic heterocycles. The van der Waals surface area contributed by atoms with E-state index in [4.69, 9.17) is 18.9 Å². The summed E-state index contributed by atoms with van der Waals surface area (Å²) < 4.78 is 16.5. The molecule has 1 amide bonds. The molecule has 5 aliphatic rings. The summed E-state index contributed by atoms with van der Waals surface area (Å²) in [4.78, 5) is 43.5. The molecule has 3 aromatic carbocycles. The fourth-order valence-electron chi connectivity index (χ4n) is 13.3. The highest BCUT2D eigenvalue weighted by Crippen LogP contribution is 2.57. The third-order valence-corrected chi connectivity index (χ3v) is 17.0. The van der Waals surface area contributed by atoms with Crippen molar-refractivity contribution in [1.29, 1.82) is 0 Å². The molecule has 1 spiro atoms. The Hall–Kier alpha value is -5.76. The molecule has 11 rings (SSSR count). The Labute approximate surface area is 421 Å². The maximum Gasteiger partial charge on any atom is 0.220 e. The number of carbonyl (C=O) groups is 1. The van der Waals surface area contributed by atoms with Crippen molar-refractivity contribution >= 4 is 38.6 Å². The molecule has 2 saturated carbocycles. The van der Waals surface area contributed by atoms with Crippen molar-refractivity contribution in [3.05, 3.63) is 106 Å². The topological polar surface area (TPSA) is 261 Å². The van der Waals surface area contributed by atoms with Gasteiger partial charge in [-0.25, -0.2) is 9.78 Å². The number of ether oxygens (including phenoxy) is 1. The molecule has 3 fully saturated rings. The van der Waals surface area contributed by atoms with Gasteiger partial charge in [-0.1, -0.05) is 44.4 Å². The second kappa shape index (κ2) is 19.5. The van der Waals surface area contributed by atoms with Crippen molar-refractivity contribution < 1.29 is 59.5 Å². The first-order valence-electron chi connectivity index (χ1n) is 26.0. The van der Waals surface area contributed by atoms with Gasteiger partial charge in [0.25, 0.3) is 0 Å². The predicted octanol–water partition coefficient (Wildman–Crippen LogP) is 5.18. The number of fused-ring (bicyclic) bond motifs is 7. The molecule has 2 aliphatic heterocycles. The van der Waals surface area contributed by atoms with Crippen molar-refractivity contribution in [3.63, 3.8) is 0 Å². The summed E-state index contributed by atoms with van der Waals surface area (Å²) in [6, 6.07) is 12.6. The summed E-state index contributed by atoms with van der Waals surface area (Å²) in [5, 5.41) is 86.5. The lowest BCUT2D eigenvalue weighted by molar-refractivity contribution is -0.380. The lowest BCUT2D eigenvalue weighted by Crippen LogP contribution is -2.67.